The fraction of sp³-hybridized carbons (Fsp3) is 0.745. The van der Waals surface area contributed by atoms with E-state index in [4.69, 9.17) is 39.2 Å². The first-order valence-electron chi connectivity index (χ1n) is 24.8. The van der Waals surface area contributed by atoms with Crippen LogP contribution in [0.4, 0.5) is 0 Å². The second kappa shape index (κ2) is 26.5. The van der Waals surface area contributed by atoms with E-state index in [9.17, 15) is 38.8 Å². The first-order chi connectivity index (χ1) is 32.4. The van der Waals surface area contributed by atoms with Crippen molar-refractivity contribution in [2.45, 2.75) is 180 Å². The summed E-state index contributed by atoms with van der Waals surface area (Å²) in [5.74, 6) is -8.38. The number of Topliss-reactive ketones (excluding diaryl/α,β-unsaturated/α-hetero) is 3. The molecule has 2 saturated heterocycles. The van der Waals surface area contributed by atoms with Gasteiger partial charge in [-0.15, -0.1) is 0 Å². The van der Waals surface area contributed by atoms with E-state index in [1.165, 1.54) is 19.1 Å². The molecule has 1 unspecified atom stereocenters. The van der Waals surface area contributed by atoms with E-state index < -0.39 is 104 Å². The van der Waals surface area contributed by atoms with E-state index >= 15 is 0 Å². The lowest BCUT2D eigenvalue weighted by Gasteiger charge is -2.42. The van der Waals surface area contributed by atoms with Crippen molar-refractivity contribution in [3.05, 3.63) is 47.6 Å². The molecule has 3 aliphatic heterocycles. The summed E-state index contributed by atoms with van der Waals surface area (Å²) in [4.78, 5) is 72.1. The van der Waals surface area contributed by atoms with Gasteiger partial charge >= 0.3 is 13.6 Å². The van der Waals surface area contributed by atoms with E-state index in [1.54, 1.807) is 40.9 Å². The van der Waals surface area contributed by atoms with Crippen LogP contribution in [-0.2, 0) is 56.7 Å². The van der Waals surface area contributed by atoms with Gasteiger partial charge in [0.25, 0.3) is 11.7 Å². The van der Waals surface area contributed by atoms with Crippen molar-refractivity contribution in [1.82, 2.24) is 4.90 Å². The Bertz CT molecular complexity index is 1950. The Morgan fingerprint density at radius 3 is 2.25 bits per heavy atom. The molecule has 0 aromatic heterocycles. The number of esters is 1. The van der Waals surface area contributed by atoms with E-state index in [0.717, 1.165) is 5.57 Å². The maximum atomic E-state index is 14.5. The largest absolute Gasteiger partial charge is 0.460 e. The highest BCUT2D eigenvalue weighted by Crippen LogP contribution is 2.41. The summed E-state index contributed by atoms with van der Waals surface area (Å²) < 4.78 is 47.1. The van der Waals surface area contributed by atoms with Gasteiger partial charge in [0.05, 0.1) is 30.5 Å². The summed E-state index contributed by atoms with van der Waals surface area (Å²) in [6.07, 6.45) is 10.3. The standard InChI is InChI=1S/C51H82N3O14P/c1-30-16-12-11-13-17-31(2)42(63-8)28-38-21-19-36(7)51(61,67-38)48(58)49(59)54-23-15-14-18-39(54)50(60)66-43(33(4)26-37-20-22-41(44(27-37)64-9)68-69(52,53)62)29-40(55)32(3)25-35(6)46(57)47(65-10)45(56)34(5)24-30/h11-13,16-17,25,30,33-39,41-44,46-47,57,61H,14-15,18-24,26-29H2,1-10H3,(H4,52,53,62)/t30-,33-,34-,35?,36-,37+,38+,39+,41-,42+,43+,44-,46-,47+,51-/m1/s1. The number of ether oxygens (including phenoxy) is 5. The smallest absolute Gasteiger partial charge is 0.335 e. The Morgan fingerprint density at radius 2 is 1.59 bits per heavy atom. The van der Waals surface area contributed by atoms with Crippen LogP contribution < -0.4 is 11.0 Å². The molecule has 4 aliphatic rings. The number of cyclic esters (lactones) is 1. The first-order valence-corrected chi connectivity index (χ1v) is 26.6. The van der Waals surface area contributed by atoms with Crippen LogP contribution in [0.3, 0.4) is 0 Å². The third-order valence-corrected chi connectivity index (χ3v) is 15.4. The maximum Gasteiger partial charge on any atom is 0.335 e. The normalized spacial score (nSPS) is 36.6. The number of aliphatic hydroxyl groups is 2. The average Bonchev–Trinajstić information content (AvgIpc) is 3.30. The molecule has 17 nitrogen and oxygen atoms in total. The third kappa shape index (κ3) is 16.1. The minimum absolute atomic E-state index is 0.00300. The molecule has 15 atom stereocenters. The summed E-state index contributed by atoms with van der Waals surface area (Å²) >= 11 is 0. The van der Waals surface area contributed by atoms with Crippen LogP contribution in [0.25, 0.3) is 0 Å². The second-order valence-electron chi connectivity index (χ2n) is 20.3. The zero-order chi connectivity index (χ0) is 51.4. The molecule has 6 N–H and O–H groups in total. The minimum Gasteiger partial charge on any atom is -0.460 e. The Hall–Kier alpha value is -3.22. The van der Waals surface area contributed by atoms with Crippen molar-refractivity contribution < 1.29 is 67.0 Å². The lowest BCUT2D eigenvalue weighted by Crippen LogP contribution is -2.61. The minimum atomic E-state index is -3.79. The molecule has 1 saturated carbocycles. The molecule has 390 valence electrons. The fourth-order valence-electron chi connectivity index (χ4n) is 10.5. The van der Waals surface area contributed by atoms with Crippen molar-refractivity contribution in [3.63, 3.8) is 0 Å². The number of methoxy groups -OCH3 is 3. The van der Waals surface area contributed by atoms with Gasteiger partial charge in [0.15, 0.2) is 11.6 Å². The molecule has 1 amide bonds. The molecule has 0 spiro atoms. The number of amides is 1. The summed E-state index contributed by atoms with van der Waals surface area (Å²) in [6.45, 7) is 12.6. The van der Waals surface area contributed by atoms with Gasteiger partial charge in [-0.3, -0.25) is 23.7 Å². The van der Waals surface area contributed by atoms with Crippen LogP contribution in [0.5, 0.6) is 0 Å². The van der Waals surface area contributed by atoms with E-state index in [-0.39, 0.29) is 48.4 Å². The molecular weight excluding hydrogens is 910 g/mol. The topological polar surface area (TPSA) is 254 Å². The van der Waals surface area contributed by atoms with Crippen LogP contribution >= 0.6 is 7.67 Å². The molecule has 0 aromatic rings. The summed E-state index contributed by atoms with van der Waals surface area (Å²) in [7, 11) is 0.664. The van der Waals surface area contributed by atoms with E-state index in [2.05, 4.69) is 0 Å². The molecule has 3 heterocycles. The van der Waals surface area contributed by atoms with Gasteiger partial charge in [-0.05, 0) is 107 Å². The third-order valence-electron chi connectivity index (χ3n) is 14.8. The molecule has 0 radical (unpaired) electrons. The van der Waals surface area contributed by atoms with Crippen LogP contribution in [0.2, 0.25) is 0 Å². The lowest BCUT2D eigenvalue weighted by atomic mass is 9.78. The number of carbonyl (C=O) groups is 5. The molecule has 18 heteroatoms. The number of piperidine rings is 1. The van der Waals surface area contributed by atoms with E-state index in [0.29, 0.717) is 64.2 Å². The highest BCUT2D eigenvalue weighted by Gasteiger charge is 2.53. The molecule has 4 rings (SSSR count). The number of carbonyl (C=O) groups excluding carboxylic acids is 5. The van der Waals surface area contributed by atoms with Crippen LogP contribution in [0.1, 0.15) is 126 Å². The molecular formula is C51H82N3O14P. The number of fused-ring (bicyclic) bond motifs is 3. The average molecular weight is 992 g/mol. The Balaban J connectivity index is 1.70. The molecule has 0 aromatic carbocycles. The zero-order valence-electron chi connectivity index (χ0n) is 42.6. The van der Waals surface area contributed by atoms with Gasteiger partial charge in [-0.25, -0.2) is 15.8 Å². The van der Waals surface area contributed by atoms with Gasteiger partial charge in [0, 0.05) is 58.5 Å². The fourth-order valence-corrected chi connectivity index (χ4v) is 11.1. The van der Waals surface area contributed by atoms with Crippen molar-refractivity contribution in [3.8, 4) is 0 Å². The SMILES string of the molecule is CO[C@H]1C[C@@H]2CC[C@@H](C)[C@@](O)(O2)C(=O)C(=O)N2CCCC[C@H]2C(=O)O[C@H]([C@H](C)C[C@@H]2CC[C@@H](OP(N)(N)=O)[C@H](OC)C2)CC(=O)C(C)=CC(C)[C@@H](O)[C@@H](OC)C(=O)[C@H](C)C[C@H](C)C=CC=CC=C1C. The van der Waals surface area contributed by atoms with Crippen molar-refractivity contribution in [2.75, 3.05) is 27.9 Å². The summed E-state index contributed by atoms with van der Waals surface area (Å²) in [6, 6.07) is -1.18. The summed E-state index contributed by atoms with van der Waals surface area (Å²) in [5, 5.41) is 23.5. The Morgan fingerprint density at radius 1 is 0.884 bits per heavy atom. The zero-order valence-corrected chi connectivity index (χ0v) is 43.5. The van der Waals surface area contributed by atoms with Crippen LogP contribution in [0.15, 0.2) is 47.6 Å². The molecule has 2 bridgehead atoms. The number of nitrogens with two attached hydrogens (primary N) is 2. The number of rotatable bonds is 8. The van der Waals surface area contributed by atoms with Crippen LogP contribution in [0, 0.1) is 35.5 Å². The monoisotopic (exact) mass is 992 g/mol. The van der Waals surface area contributed by atoms with Gasteiger partial charge < -0.3 is 43.3 Å². The number of aliphatic hydroxyl groups excluding tert-OH is 1. The summed E-state index contributed by atoms with van der Waals surface area (Å²) in [5.41, 5.74) is 12.2. The van der Waals surface area contributed by atoms with Crippen molar-refractivity contribution in [1.29, 1.82) is 0 Å². The molecule has 3 fully saturated rings. The molecule has 69 heavy (non-hydrogen) atoms. The van der Waals surface area contributed by atoms with Crippen molar-refractivity contribution >= 4 is 36.9 Å². The Labute approximate surface area is 409 Å². The van der Waals surface area contributed by atoms with E-state index in [1.807, 2.05) is 51.2 Å². The van der Waals surface area contributed by atoms with Gasteiger partial charge in [0.2, 0.25) is 5.79 Å². The number of hydrogen-bond donors (Lipinski definition) is 4. The lowest BCUT2D eigenvalue weighted by molar-refractivity contribution is -0.265. The molecule has 1 aliphatic carbocycles. The highest BCUT2D eigenvalue weighted by molar-refractivity contribution is 7.53. The van der Waals surface area contributed by atoms with Crippen molar-refractivity contribution in [2.24, 2.45) is 46.5 Å². The predicted molar refractivity (Wildman–Crippen MR) is 260 cm³/mol. The quantitative estimate of drug-likeness (QED) is 0.119. The Kier molecular flexibility index (Phi) is 22.4. The second-order valence-corrected chi connectivity index (χ2v) is 21.8. The number of ketones is 3. The number of nitrogens with zero attached hydrogens (tertiary/aromatic N) is 1. The number of hydrogen-bond acceptors (Lipinski definition) is 14. The van der Waals surface area contributed by atoms with Gasteiger partial charge in [0.1, 0.15) is 18.2 Å². The first kappa shape index (κ1) is 58.4. The van der Waals surface area contributed by atoms with Crippen LogP contribution in [-0.4, -0.2) is 127 Å². The predicted octanol–water partition coefficient (Wildman–Crippen LogP) is 6.23. The maximum absolute atomic E-state index is 14.5. The number of allylic oxidation sites excluding steroid dienone is 6. The van der Waals surface area contributed by atoms with Gasteiger partial charge in [-0.2, -0.15) is 0 Å². The van der Waals surface area contributed by atoms with Gasteiger partial charge in [-0.1, -0.05) is 71.1 Å². The highest BCUT2D eigenvalue weighted by atomic mass is 31.2.